The molecule has 1 atom stereocenters. The highest BCUT2D eigenvalue weighted by molar-refractivity contribution is 7.07. The molecule has 1 aromatic heterocycles. The van der Waals surface area contributed by atoms with Gasteiger partial charge in [-0.1, -0.05) is 0 Å². The van der Waals surface area contributed by atoms with Gasteiger partial charge in [0, 0.05) is 12.6 Å². The topological polar surface area (TPSA) is 12.0 Å². The smallest absolute Gasteiger partial charge is 0.102 e. The predicted octanol–water partition coefficient (Wildman–Crippen LogP) is 2.24. The number of halogens is 1. The van der Waals surface area contributed by atoms with Crippen molar-refractivity contribution in [3.8, 4) is 0 Å². The van der Waals surface area contributed by atoms with Gasteiger partial charge in [-0.2, -0.15) is 11.3 Å². The van der Waals surface area contributed by atoms with Crippen LogP contribution in [0, 0.1) is 0 Å². The highest BCUT2D eigenvalue weighted by Crippen LogP contribution is 2.08. The van der Waals surface area contributed by atoms with Crippen molar-refractivity contribution in [3.05, 3.63) is 22.4 Å². The number of rotatable bonds is 5. The lowest BCUT2D eigenvalue weighted by atomic mass is 10.1. The number of alkyl halides is 1. The predicted molar refractivity (Wildman–Crippen MR) is 51.5 cm³/mol. The molecule has 0 radical (unpaired) electrons. The van der Waals surface area contributed by atoms with Crippen LogP contribution in [0.4, 0.5) is 4.39 Å². The van der Waals surface area contributed by atoms with Crippen molar-refractivity contribution < 1.29 is 4.39 Å². The molecule has 0 saturated heterocycles. The summed E-state index contributed by atoms with van der Waals surface area (Å²) in [7, 11) is 0. The molecule has 3 heteroatoms. The second kappa shape index (κ2) is 5.27. The molecule has 0 saturated carbocycles. The van der Waals surface area contributed by atoms with Gasteiger partial charge in [-0.15, -0.1) is 0 Å². The Morgan fingerprint density at radius 3 is 3.08 bits per heavy atom. The molecule has 0 aliphatic heterocycles. The van der Waals surface area contributed by atoms with Crippen LogP contribution in [-0.4, -0.2) is 19.3 Å². The Kier molecular flexibility index (Phi) is 4.25. The van der Waals surface area contributed by atoms with Gasteiger partial charge in [0.25, 0.3) is 0 Å². The minimum Gasteiger partial charge on any atom is -0.311 e. The van der Waals surface area contributed by atoms with E-state index >= 15 is 0 Å². The van der Waals surface area contributed by atoms with Crippen molar-refractivity contribution in [2.45, 2.75) is 19.4 Å². The molecule has 0 spiro atoms. The van der Waals surface area contributed by atoms with Crippen molar-refractivity contribution in [1.29, 1.82) is 0 Å². The SMILES string of the molecule is CC(Cc1ccsc1)NCCF. The standard InChI is InChI=1S/C9H14FNS/c1-8(11-4-3-10)6-9-2-5-12-7-9/h2,5,7-8,11H,3-4,6H2,1H3. The summed E-state index contributed by atoms with van der Waals surface area (Å²) in [4.78, 5) is 0. The molecular formula is C9H14FNS. The normalized spacial score (nSPS) is 13.2. The van der Waals surface area contributed by atoms with Gasteiger partial charge in [-0.05, 0) is 35.7 Å². The minimum atomic E-state index is -0.284. The molecule has 12 heavy (non-hydrogen) atoms. The molecule has 1 aromatic rings. The zero-order chi connectivity index (χ0) is 8.81. The van der Waals surface area contributed by atoms with Crippen molar-refractivity contribution in [3.63, 3.8) is 0 Å². The van der Waals surface area contributed by atoms with Crippen LogP contribution in [0.2, 0.25) is 0 Å². The first-order valence-electron chi connectivity index (χ1n) is 4.13. The number of hydrogen-bond acceptors (Lipinski definition) is 2. The summed E-state index contributed by atoms with van der Waals surface area (Å²) >= 11 is 1.70. The fraction of sp³-hybridized carbons (Fsp3) is 0.556. The molecule has 1 heterocycles. The van der Waals surface area contributed by atoms with E-state index in [1.165, 1.54) is 5.56 Å². The van der Waals surface area contributed by atoms with E-state index in [1.807, 2.05) is 0 Å². The van der Waals surface area contributed by atoms with Gasteiger partial charge in [-0.25, -0.2) is 4.39 Å². The van der Waals surface area contributed by atoms with Crippen LogP contribution in [-0.2, 0) is 6.42 Å². The van der Waals surface area contributed by atoms with E-state index in [0.29, 0.717) is 12.6 Å². The molecule has 1 N–H and O–H groups in total. The number of thiophene rings is 1. The summed E-state index contributed by atoms with van der Waals surface area (Å²) in [6, 6.07) is 2.48. The Labute approximate surface area is 76.6 Å². The van der Waals surface area contributed by atoms with Gasteiger partial charge < -0.3 is 5.32 Å². The first-order chi connectivity index (χ1) is 5.83. The summed E-state index contributed by atoms with van der Waals surface area (Å²) in [6.07, 6.45) is 0.990. The van der Waals surface area contributed by atoms with Crippen molar-refractivity contribution >= 4 is 11.3 Å². The fourth-order valence-corrected chi connectivity index (χ4v) is 1.82. The molecule has 1 nitrogen and oxygen atoms in total. The van der Waals surface area contributed by atoms with E-state index in [9.17, 15) is 4.39 Å². The Bertz CT molecular complexity index is 198. The lowest BCUT2D eigenvalue weighted by molar-refractivity contribution is 0.438. The molecule has 68 valence electrons. The van der Waals surface area contributed by atoms with Gasteiger partial charge in [0.15, 0.2) is 0 Å². The Balaban J connectivity index is 2.22. The summed E-state index contributed by atoms with van der Waals surface area (Å²) in [5.74, 6) is 0. The average molecular weight is 187 g/mol. The Morgan fingerprint density at radius 2 is 2.50 bits per heavy atom. The highest BCUT2D eigenvalue weighted by Gasteiger charge is 2.01. The monoisotopic (exact) mass is 187 g/mol. The second-order valence-electron chi connectivity index (χ2n) is 2.88. The van der Waals surface area contributed by atoms with E-state index in [0.717, 1.165) is 6.42 Å². The summed E-state index contributed by atoms with van der Waals surface area (Å²) in [5, 5.41) is 7.30. The minimum absolute atomic E-state index is 0.284. The molecule has 1 unspecified atom stereocenters. The van der Waals surface area contributed by atoms with Crippen molar-refractivity contribution in [2.24, 2.45) is 0 Å². The third-order valence-electron chi connectivity index (χ3n) is 1.71. The average Bonchev–Trinajstić information content (AvgIpc) is 2.53. The van der Waals surface area contributed by atoms with Crippen LogP contribution in [0.25, 0.3) is 0 Å². The van der Waals surface area contributed by atoms with Gasteiger partial charge in [0.2, 0.25) is 0 Å². The van der Waals surface area contributed by atoms with E-state index in [2.05, 4.69) is 29.1 Å². The molecule has 0 aliphatic carbocycles. The first kappa shape index (κ1) is 9.68. The zero-order valence-corrected chi connectivity index (χ0v) is 8.03. The van der Waals surface area contributed by atoms with Gasteiger partial charge in [0.05, 0.1) is 0 Å². The van der Waals surface area contributed by atoms with E-state index in [1.54, 1.807) is 11.3 Å². The number of nitrogens with one attached hydrogen (secondary N) is 1. The lowest BCUT2D eigenvalue weighted by Crippen LogP contribution is -2.29. The molecule has 0 bridgehead atoms. The summed E-state index contributed by atoms with van der Waals surface area (Å²) in [6.45, 7) is 2.26. The lowest BCUT2D eigenvalue weighted by Gasteiger charge is -2.10. The van der Waals surface area contributed by atoms with Crippen molar-refractivity contribution in [1.82, 2.24) is 5.32 Å². The first-order valence-corrected chi connectivity index (χ1v) is 5.07. The van der Waals surface area contributed by atoms with Gasteiger partial charge in [0.1, 0.15) is 6.67 Å². The van der Waals surface area contributed by atoms with Crippen LogP contribution in [0.5, 0.6) is 0 Å². The zero-order valence-electron chi connectivity index (χ0n) is 7.22. The van der Waals surface area contributed by atoms with E-state index < -0.39 is 0 Å². The fourth-order valence-electron chi connectivity index (χ4n) is 1.14. The number of hydrogen-bond donors (Lipinski definition) is 1. The maximum atomic E-state index is 11.8. The molecule has 0 fully saturated rings. The molecule has 0 aliphatic rings. The highest BCUT2D eigenvalue weighted by atomic mass is 32.1. The van der Waals surface area contributed by atoms with Crippen LogP contribution >= 0.6 is 11.3 Å². The molecule has 1 rings (SSSR count). The van der Waals surface area contributed by atoms with Crippen LogP contribution in [0.15, 0.2) is 16.8 Å². The molecule has 0 amide bonds. The van der Waals surface area contributed by atoms with Crippen molar-refractivity contribution in [2.75, 3.05) is 13.2 Å². The Hall–Kier alpha value is -0.410. The summed E-state index contributed by atoms with van der Waals surface area (Å²) in [5.41, 5.74) is 1.33. The maximum Gasteiger partial charge on any atom is 0.102 e. The largest absolute Gasteiger partial charge is 0.311 e. The Morgan fingerprint density at radius 1 is 1.67 bits per heavy atom. The van der Waals surface area contributed by atoms with Crippen LogP contribution in [0.3, 0.4) is 0 Å². The third kappa shape index (κ3) is 3.32. The second-order valence-corrected chi connectivity index (χ2v) is 3.66. The third-order valence-corrected chi connectivity index (χ3v) is 2.44. The maximum absolute atomic E-state index is 11.8. The quantitative estimate of drug-likeness (QED) is 0.745. The van der Waals surface area contributed by atoms with Crippen LogP contribution < -0.4 is 5.32 Å². The molecule has 0 aromatic carbocycles. The van der Waals surface area contributed by atoms with Crippen LogP contribution in [0.1, 0.15) is 12.5 Å². The molecular weight excluding hydrogens is 173 g/mol. The van der Waals surface area contributed by atoms with Gasteiger partial charge >= 0.3 is 0 Å². The summed E-state index contributed by atoms with van der Waals surface area (Å²) < 4.78 is 11.8. The van der Waals surface area contributed by atoms with E-state index in [-0.39, 0.29) is 6.67 Å². The van der Waals surface area contributed by atoms with E-state index in [4.69, 9.17) is 0 Å². The van der Waals surface area contributed by atoms with Gasteiger partial charge in [-0.3, -0.25) is 0 Å².